The molecule has 0 saturated carbocycles. The van der Waals surface area contributed by atoms with Crippen molar-refractivity contribution in [2.24, 2.45) is 0 Å². The van der Waals surface area contributed by atoms with E-state index in [9.17, 15) is 0 Å². The summed E-state index contributed by atoms with van der Waals surface area (Å²) in [5.41, 5.74) is 2.78. The van der Waals surface area contributed by atoms with Crippen molar-refractivity contribution in [3.63, 3.8) is 0 Å². The molecule has 20 heavy (non-hydrogen) atoms. The third-order valence-electron chi connectivity index (χ3n) is 2.97. The van der Waals surface area contributed by atoms with Crippen LogP contribution >= 0.6 is 0 Å². The fourth-order valence-corrected chi connectivity index (χ4v) is 1.91. The summed E-state index contributed by atoms with van der Waals surface area (Å²) in [7, 11) is -1.54. The van der Waals surface area contributed by atoms with Crippen molar-refractivity contribution in [2.75, 3.05) is 0 Å². The van der Waals surface area contributed by atoms with Gasteiger partial charge in [-0.15, -0.1) is 0 Å². The molecule has 0 saturated heterocycles. The normalized spacial score (nSPS) is 10.4. The Bertz CT molecular complexity index is 803. The molecule has 2 aromatic carbocycles. The molecule has 6 heteroatoms. The molecule has 0 amide bonds. The molecule has 0 aliphatic carbocycles. The predicted molar refractivity (Wildman–Crippen MR) is 74.0 cm³/mol. The first-order chi connectivity index (χ1) is 9.67. The Morgan fingerprint density at radius 1 is 1.10 bits per heavy atom. The standard InChI is InChI=1S/C14H9BN2O3/c16-8-9-1-3-10(4-2-9)14-17-12-6-5-11(15(18)19)7-13(12)20-14/h1-7,18-19H. The van der Waals surface area contributed by atoms with E-state index in [-0.39, 0.29) is 0 Å². The Morgan fingerprint density at radius 2 is 1.85 bits per heavy atom. The molecule has 3 aromatic rings. The fourth-order valence-electron chi connectivity index (χ4n) is 1.91. The van der Waals surface area contributed by atoms with E-state index < -0.39 is 7.12 Å². The van der Waals surface area contributed by atoms with Crippen LogP contribution in [0.4, 0.5) is 0 Å². The van der Waals surface area contributed by atoms with Gasteiger partial charge in [0.1, 0.15) is 5.52 Å². The van der Waals surface area contributed by atoms with Crippen molar-refractivity contribution >= 4 is 23.7 Å². The summed E-state index contributed by atoms with van der Waals surface area (Å²) in [6, 6.07) is 13.7. The van der Waals surface area contributed by atoms with Gasteiger partial charge in [0.05, 0.1) is 11.6 Å². The van der Waals surface area contributed by atoms with Gasteiger partial charge in [-0.1, -0.05) is 6.07 Å². The molecule has 0 bridgehead atoms. The van der Waals surface area contributed by atoms with Crippen LogP contribution in [0.2, 0.25) is 0 Å². The van der Waals surface area contributed by atoms with Crippen molar-refractivity contribution in [3.05, 3.63) is 48.0 Å². The highest BCUT2D eigenvalue weighted by atomic mass is 16.4. The maximum absolute atomic E-state index is 9.13. The van der Waals surface area contributed by atoms with E-state index >= 15 is 0 Å². The van der Waals surface area contributed by atoms with Crippen molar-refractivity contribution in [1.82, 2.24) is 4.98 Å². The average molecular weight is 264 g/mol. The zero-order chi connectivity index (χ0) is 14.1. The monoisotopic (exact) mass is 264 g/mol. The Kier molecular flexibility index (Phi) is 2.99. The van der Waals surface area contributed by atoms with Gasteiger partial charge in [0.2, 0.25) is 5.89 Å². The van der Waals surface area contributed by atoms with E-state index in [0.29, 0.717) is 28.0 Å². The van der Waals surface area contributed by atoms with Crippen LogP contribution in [-0.4, -0.2) is 22.2 Å². The quantitative estimate of drug-likeness (QED) is 0.675. The van der Waals surface area contributed by atoms with Gasteiger partial charge in [-0.05, 0) is 41.9 Å². The SMILES string of the molecule is N#Cc1ccc(-c2nc3ccc(B(O)O)cc3o2)cc1. The van der Waals surface area contributed by atoms with Crippen molar-refractivity contribution in [2.45, 2.75) is 0 Å². The number of nitriles is 1. The number of benzene rings is 2. The molecule has 5 nitrogen and oxygen atoms in total. The molecule has 0 atom stereocenters. The summed E-state index contributed by atoms with van der Waals surface area (Å²) in [5.74, 6) is 0.425. The van der Waals surface area contributed by atoms with E-state index in [1.54, 1.807) is 42.5 Å². The second-order valence-electron chi connectivity index (χ2n) is 4.31. The molecule has 3 rings (SSSR count). The molecular weight excluding hydrogens is 255 g/mol. The zero-order valence-corrected chi connectivity index (χ0v) is 10.3. The van der Waals surface area contributed by atoms with Crippen LogP contribution in [0.15, 0.2) is 46.9 Å². The Hall–Kier alpha value is -2.62. The lowest BCUT2D eigenvalue weighted by molar-refractivity contribution is 0.425. The van der Waals surface area contributed by atoms with Gasteiger partial charge in [-0.25, -0.2) is 4.98 Å². The van der Waals surface area contributed by atoms with E-state index in [1.165, 1.54) is 0 Å². The smallest absolute Gasteiger partial charge is 0.436 e. The van der Waals surface area contributed by atoms with Gasteiger partial charge >= 0.3 is 7.12 Å². The molecule has 0 unspecified atom stereocenters. The second kappa shape index (κ2) is 4.81. The third kappa shape index (κ3) is 2.16. The first kappa shape index (κ1) is 12.4. The summed E-state index contributed by atoms with van der Waals surface area (Å²) in [4.78, 5) is 4.33. The lowest BCUT2D eigenvalue weighted by Gasteiger charge is -1.96. The molecule has 96 valence electrons. The number of hydrogen-bond acceptors (Lipinski definition) is 5. The van der Waals surface area contributed by atoms with Crippen LogP contribution in [0.5, 0.6) is 0 Å². The van der Waals surface area contributed by atoms with Gasteiger partial charge in [-0.2, -0.15) is 5.26 Å². The van der Waals surface area contributed by atoms with E-state index in [2.05, 4.69) is 4.98 Å². The van der Waals surface area contributed by atoms with Crippen LogP contribution in [0.25, 0.3) is 22.6 Å². The van der Waals surface area contributed by atoms with Crippen molar-refractivity contribution in [3.8, 4) is 17.5 Å². The molecular formula is C14H9BN2O3. The van der Waals surface area contributed by atoms with Crippen LogP contribution < -0.4 is 5.46 Å². The van der Waals surface area contributed by atoms with E-state index in [1.807, 2.05) is 6.07 Å². The molecule has 1 heterocycles. The number of rotatable bonds is 2. The molecule has 0 aliphatic heterocycles. The van der Waals surface area contributed by atoms with Crippen LogP contribution in [0.3, 0.4) is 0 Å². The summed E-state index contributed by atoms with van der Waals surface area (Å²) in [6.07, 6.45) is 0. The molecule has 2 N–H and O–H groups in total. The number of nitrogens with zero attached hydrogens (tertiary/aromatic N) is 2. The molecule has 0 fully saturated rings. The van der Waals surface area contributed by atoms with Gasteiger partial charge in [0, 0.05) is 5.56 Å². The minimum absolute atomic E-state index is 0.347. The van der Waals surface area contributed by atoms with E-state index in [4.69, 9.17) is 19.7 Å². The lowest BCUT2D eigenvalue weighted by Crippen LogP contribution is -2.29. The maximum atomic E-state index is 9.13. The number of fused-ring (bicyclic) bond motifs is 1. The van der Waals surface area contributed by atoms with Gasteiger partial charge in [0.15, 0.2) is 5.58 Å². The Balaban J connectivity index is 2.05. The van der Waals surface area contributed by atoms with Crippen molar-refractivity contribution < 1.29 is 14.5 Å². The molecule has 0 spiro atoms. The summed E-state index contributed by atoms with van der Waals surface area (Å²) in [6.45, 7) is 0. The summed E-state index contributed by atoms with van der Waals surface area (Å²) < 4.78 is 5.60. The maximum Gasteiger partial charge on any atom is 0.488 e. The van der Waals surface area contributed by atoms with Gasteiger partial charge in [-0.3, -0.25) is 0 Å². The minimum Gasteiger partial charge on any atom is -0.436 e. The molecule has 0 radical (unpaired) electrons. The highest BCUT2D eigenvalue weighted by Gasteiger charge is 2.14. The van der Waals surface area contributed by atoms with Crippen LogP contribution in [-0.2, 0) is 0 Å². The lowest BCUT2D eigenvalue weighted by atomic mass is 9.80. The number of oxazole rings is 1. The van der Waals surface area contributed by atoms with Crippen LogP contribution in [0.1, 0.15) is 5.56 Å². The minimum atomic E-state index is -1.54. The van der Waals surface area contributed by atoms with Gasteiger partial charge < -0.3 is 14.5 Å². The second-order valence-corrected chi connectivity index (χ2v) is 4.31. The predicted octanol–water partition coefficient (Wildman–Crippen LogP) is 1.05. The highest BCUT2D eigenvalue weighted by Crippen LogP contribution is 2.23. The fraction of sp³-hybridized carbons (Fsp3) is 0. The third-order valence-corrected chi connectivity index (χ3v) is 2.97. The number of hydrogen-bond donors (Lipinski definition) is 2. The highest BCUT2D eigenvalue weighted by molar-refractivity contribution is 6.58. The van der Waals surface area contributed by atoms with Crippen LogP contribution in [0, 0.1) is 11.3 Å². The molecule has 1 aromatic heterocycles. The largest absolute Gasteiger partial charge is 0.488 e. The molecule has 0 aliphatic rings. The number of aromatic nitrogens is 1. The summed E-state index contributed by atoms with van der Waals surface area (Å²) in [5, 5.41) is 27.0. The Labute approximate surface area is 114 Å². The first-order valence-corrected chi connectivity index (χ1v) is 5.94. The van der Waals surface area contributed by atoms with Crippen molar-refractivity contribution in [1.29, 1.82) is 5.26 Å². The first-order valence-electron chi connectivity index (χ1n) is 5.94. The topological polar surface area (TPSA) is 90.3 Å². The van der Waals surface area contributed by atoms with Gasteiger partial charge in [0.25, 0.3) is 0 Å². The summed E-state index contributed by atoms with van der Waals surface area (Å²) >= 11 is 0. The zero-order valence-electron chi connectivity index (χ0n) is 10.3. The Morgan fingerprint density at radius 3 is 2.50 bits per heavy atom. The van der Waals surface area contributed by atoms with E-state index in [0.717, 1.165) is 5.56 Å². The average Bonchev–Trinajstić information content (AvgIpc) is 2.90.